The standard InChI is InChI=1S/C21H28F3N3O3/c22-21(23,24)30-18-7-3-4-16(12-18)20(29)25-13-15-8-10-27(11-9-15)14-19(28)26-17-5-1-2-6-17/h3-4,7,12,15,17H,1-2,5-6,8-11,13-14H2,(H,25,29)(H,26,28). The van der Waals surface area contributed by atoms with Crippen LogP contribution in [0, 0.1) is 5.92 Å². The van der Waals surface area contributed by atoms with Crippen molar-refractivity contribution in [3.05, 3.63) is 29.8 Å². The zero-order chi connectivity index (χ0) is 21.6. The molecule has 0 bridgehead atoms. The van der Waals surface area contributed by atoms with E-state index in [0.717, 1.165) is 50.9 Å². The Labute approximate surface area is 174 Å². The van der Waals surface area contributed by atoms with E-state index in [1.807, 2.05) is 0 Å². The van der Waals surface area contributed by atoms with Gasteiger partial charge in [-0.1, -0.05) is 18.9 Å². The van der Waals surface area contributed by atoms with Crippen LogP contribution in [-0.2, 0) is 4.79 Å². The van der Waals surface area contributed by atoms with E-state index in [1.165, 1.54) is 25.0 Å². The number of benzene rings is 1. The molecule has 0 unspecified atom stereocenters. The molecule has 2 amide bonds. The molecule has 6 nitrogen and oxygen atoms in total. The summed E-state index contributed by atoms with van der Waals surface area (Å²) in [5.41, 5.74) is 0.123. The Hall–Kier alpha value is -2.29. The Kier molecular flexibility index (Phi) is 7.58. The maximum Gasteiger partial charge on any atom is 0.573 e. The summed E-state index contributed by atoms with van der Waals surface area (Å²) in [6.07, 6.45) is 1.42. The highest BCUT2D eigenvalue weighted by Crippen LogP contribution is 2.23. The first-order valence-corrected chi connectivity index (χ1v) is 10.4. The molecule has 2 aliphatic rings. The number of carbonyl (C=O) groups excluding carboxylic acids is 2. The third-order valence-electron chi connectivity index (χ3n) is 5.68. The van der Waals surface area contributed by atoms with Gasteiger partial charge in [-0.2, -0.15) is 0 Å². The van der Waals surface area contributed by atoms with Crippen molar-refractivity contribution < 1.29 is 27.5 Å². The van der Waals surface area contributed by atoms with Crippen LogP contribution in [0.2, 0.25) is 0 Å². The molecule has 1 saturated heterocycles. The lowest BCUT2D eigenvalue weighted by Crippen LogP contribution is -2.45. The summed E-state index contributed by atoms with van der Waals surface area (Å²) in [4.78, 5) is 26.5. The zero-order valence-electron chi connectivity index (χ0n) is 16.8. The normalized spacial score (nSPS) is 18.9. The summed E-state index contributed by atoms with van der Waals surface area (Å²) in [5, 5.41) is 5.89. The lowest BCUT2D eigenvalue weighted by atomic mass is 9.96. The molecule has 30 heavy (non-hydrogen) atoms. The van der Waals surface area contributed by atoms with Gasteiger partial charge in [0.05, 0.1) is 6.54 Å². The Morgan fingerprint density at radius 2 is 1.80 bits per heavy atom. The fourth-order valence-corrected chi connectivity index (χ4v) is 4.07. The summed E-state index contributed by atoms with van der Waals surface area (Å²) in [5.74, 6) is -0.493. The van der Waals surface area contributed by atoms with Crippen molar-refractivity contribution in [2.24, 2.45) is 5.92 Å². The molecule has 0 atom stereocenters. The fraction of sp³-hybridized carbons (Fsp3) is 0.619. The van der Waals surface area contributed by atoms with Crippen molar-refractivity contribution in [3.63, 3.8) is 0 Å². The molecule has 1 aliphatic heterocycles. The first-order valence-electron chi connectivity index (χ1n) is 10.4. The van der Waals surface area contributed by atoms with Gasteiger partial charge in [-0.25, -0.2) is 0 Å². The van der Waals surface area contributed by atoms with E-state index in [4.69, 9.17) is 0 Å². The second kappa shape index (κ2) is 10.1. The molecule has 166 valence electrons. The molecular weight excluding hydrogens is 399 g/mol. The predicted octanol–water partition coefficient (Wildman–Crippen LogP) is 3.09. The monoisotopic (exact) mass is 427 g/mol. The Bertz CT molecular complexity index is 728. The molecule has 2 N–H and O–H groups in total. The van der Waals surface area contributed by atoms with Gasteiger partial charge in [-0.15, -0.1) is 13.2 Å². The molecule has 0 spiro atoms. The van der Waals surface area contributed by atoms with E-state index < -0.39 is 18.0 Å². The van der Waals surface area contributed by atoms with Gasteiger partial charge in [-0.05, 0) is 62.9 Å². The lowest BCUT2D eigenvalue weighted by Gasteiger charge is -2.31. The highest BCUT2D eigenvalue weighted by atomic mass is 19.4. The molecule has 1 aromatic carbocycles. The van der Waals surface area contributed by atoms with Gasteiger partial charge in [0.1, 0.15) is 5.75 Å². The van der Waals surface area contributed by atoms with E-state index in [-0.39, 0.29) is 17.4 Å². The number of hydrogen-bond donors (Lipinski definition) is 2. The van der Waals surface area contributed by atoms with Crippen LogP contribution in [0.3, 0.4) is 0 Å². The maximum absolute atomic E-state index is 12.3. The number of hydrogen-bond acceptors (Lipinski definition) is 4. The topological polar surface area (TPSA) is 70.7 Å². The van der Waals surface area contributed by atoms with Gasteiger partial charge >= 0.3 is 6.36 Å². The van der Waals surface area contributed by atoms with Crippen LogP contribution in [0.5, 0.6) is 5.75 Å². The van der Waals surface area contributed by atoms with Crippen molar-refractivity contribution in [2.75, 3.05) is 26.2 Å². The van der Waals surface area contributed by atoms with Crippen molar-refractivity contribution in [1.29, 1.82) is 0 Å². The average Bonchev–Trinajstić information content (AvgIpc) is 3.19. The number of nitrogens with zero attached hydrogens (tertiary/aromatic N) is 1. The Morgan fingerprint density at radius 1 is 1.10 bits per heavy atom. The Balaban J connectivity index is 1.37. The second-order valence-electron chi connectivity index (χ2n) is 8.05. The van der Waals surface area contributed by atoms with E-state index >= 15 is 0 Å². The third-order valence-corrected chi connectivity index (χ3v) is 5.68. The van der Waals surface area contributed by atoms with Crippen LogP contribution in [0.25, 0.3) is 0 Å². The van der Waals surface area contributed by atoms with Gasteiger partial charge in [0.15, 0.2) is 0 Å². The molecule has 0 radical (unpaired) electrons. The molecule has 1 heterocycles. The molecule has 9 heteroatoms. The summed E-state index contributed by atoms with van der Waals surface area (Å²) < 4.78 is 40.8. The van der Waals surface area contributed by atoms with Gasteiger partial charge in [0.2, 0.25) is 5.91 Å². The van der Waals surface area contributed by atoms with E-state index in [2.05, 4.69) is 20.3 Å². The van der Waals surface area contributed by atoms with Crippen LogP contribution >= 0.6 is 0 Å². The number of piperidine rings is 1. The molecule has 3 rings (SSSR count). The predicted molar refractivity (Wildman–Crippen MR) is 105 cm³/mol. The van der Waals surface area contributed by atoms with Gasteiger partial charge in [-0.3, -0.25) is 14.5 Å². The summed E-state index contributed by atoms with van der Waals surface area (Å²) in [7, 11) is 0. The molecular formula is C21H28F3N3O3. The molecule has 2 fully saturated rings. The van der Waals surface area contributed by atoms with Crippen molar-refractivity contribution in [3.8, 4) is 5.75 Å². The van der Waals surface area contributed by atoms with Gasteiger partial charge < -0.3 is 15.4 Å². The number of rotatable bonds is 7. The zero-order valence-corrected chi connectivity index (χ0v) is 16.8. The molecule has 1 saturated carbocycles. The quantitative estimate of drug-likeness (QED) is 0.702. The minimum Gasteiger partial charge on any atom is -0.406 e. The summed E-state index contributed by atoms with van der Waals surface area (Å²) in [6, 6.07) is 5.36. The van der Waals surface area contributed by atoms with Crippen molar-refractivity contribution in [1.82, 2.24) is 15.5 Å². The smallest absolute Gasteiger partial charge is 0.406 e. The number of amides is 2. The minimum atomic E-state index is -4.79. The molecule has 1 aromatic rings. The van der Waals surface area contributed by atoms with Gasteiger partial charge in [0, 0.05) is 18.2 Å². The first kappa shape index (κ1) is 22.4. The minimum absolute atomic E-state index is 0.0783. The SMILES string of the molecule is O=C(CN1CCC(CNC(=O)c2cccc(OC(F)(F)F)c2)CC1)NC1CCCC1. The van der Waals surface area contributed by atoms with Crippen LogP contribution in [0.4, 0.5) is 13.2 Å². The first-order chi connectivity index (χ1) is 14.3. The van der Waals surface area contributed by atoms with Gasteiger partial charge in [0.25, 0.3) is 5.91 Å². The average molecular weight is 427 g/mol. The highest BCUT2D eigenvalue weighted by Gasteiger charge is 2.31. The van der Waals surface area contributed by atoms with E-state index in [9.17, 15) is 22.8 Å². The molecule has 0 aromatic heterocycles. The Morgan fingerprint density at radius 3 is 2.47 bits per heavy atom. The highest BCUT2D eigenvalue weighted by molar-refractivity contribution is 5.94. The van der Waals surface area contributed by atoms with Crippen molar-refractivity contribution in [2.45, 2.75) is 50.9 Å². The third kappa shape index (κ3) is 7.19. The fourth-order valence-electron chi connectivity index (χ4n) is 4.07. The number of alkyl halides is 3. The van der Waals surface area contributed by atoms with Crippen LogP contribution in [-0.4, -0.2) is 55.3 Å². The van der Waals surface area contributed by atoms with Crippen LogP contribution < -0.4 is 15.4 Å². The lowest BCUT2D eigenvalue weighted by molar-refractivity contribution is -0.274. The number of halogens is 3. The van der Waals surface area contributed by atoms with Crippen molar-refractivity contribution >= 4 is 11.8 Å². The largest absolute Gasteiger partial charge is 0.573 e. The number of nitrogens with one attached hydrogen (secondary N) is 2. The molecule has 1 aliphatic carbocycles. The number of likely N-dealkylation sites (tertiary alicyclic amines) is 1. The maximum atomic E-state index is 12.3. The van der Waals surface area contributed by atoms with E-state index in [1.54, 1.807) is 0 Å². The van der Waals surface area contributed by atoms with Crippen LogP contribution in [0.15, 0.2) is 24.3 Å². The number of carbonyl (C=O) groups is 2. The second-order valence-corrected chi connectivity index (χ2v) is 8.05. The number of ether oxygens (including phenoxy) is 1. The van der Waals surface area contributed by atoms with E-state index in [0.29, 0.717) is 19.1 Å². The summed E-state index contributed by atoms with van der Waals surface area (Å²) >= 11 is 0. The summed E-state index contributed by atoms with van der Waals surface area (Å²) in [6.45, 7) is 2.42. The van der Waals surface area contributed by atoms with Crippen LogP contribution in [0.1, 0.15) is 48.9 Å².